The fourth-order valence-electron chi connectivity index (χ4n) is 3.89. The van der Waals surface area contributed by atoms with Gasteiger partial charge in [-0.1, -0.05) is 5.16 Å². The molecular weight excluding hydrogens is 437 g/mol. The number of rotatable bonds is 5. The number of thioether (sulfide) groups is 1. The van der Waals surface area contributed by atoms with Gasteiger partial charge in [-0.2, -0.15) is 5.26 Å². The Bertz CT molecular complexity index is 938. The summed E-state index contributed by atoms with van der Waals surface area (Å²) in [6.45, 7) is 0. The number of nitrogens with one attached hydrogen (secondary N) is 1. The zero-order valence-electron chi connectivity index (χ0n) is 14.0. The number of aromatic nitrogens is 2. The first-order chi connectivity index (χ1) is 13.0. The maximum absolute atomic E-state index is 13.4. The average molecular weight is 452 g/mol. The van der Waals surface area contributed by atoms with Crippen LogP contribution in [0.25, 0.3) is 0 Å². The monoisotopic (exact) mass is 451 g/mol. The van der Waals surface area contributed by atoms with E-state index in [9.17, 15) is 14.9 Å². The molecule has 1 aromatic carbocycles. The lowest BCUT2D eigenvalue weighted by Gasteiger charge is -2.31. The maximum atomic E-state index is 13.4. The van der Waals surface area contributed by atoms with Crippen LogP contribution in [0, 0.1) is 34.4 Å². The molecule has 2 N–H and O–H groups in total. The summed E-state index contributed by atoms with van der Waals surface area (Å²) in [5.41, 5.74) is 0.682. The van der Waals surface area contributed by atoms with Crippen molar-refractivity contribution in [3.05, 3.63) is 34.2 Å². The lowest BCUT2D eigenvalue weighted by atomic mass is 9.70. The van der Waals surface area contributed by atoms with Crippen molar-refractivity contribution in [3.8, 4) is 6.07 Å². The highest BCUT2D eigenvalue weighted by Gasteiger charge is 2.56. The summed E-state index contributed by atoms with van der Waals surface area (Å²) in [7, 11) is 0. The van der Waals surface area contributed by atoms with E-state index < -0.39 is 5.82 Å². The number of halogens is 2. The van der Waals surface area contributed by atoms with Gasteiger partial charge in [0.05, 0.1) is 16.0 Å². The Labute approximate surface area is 167 Å². The molecule has 2 aromatic rings. The Balaban J connectivity index is 1.44. The molecule has 7 nitrogen and oxygen atoms in total. The highest BCUT2D eigenvalue weighted by molar-refractivity contribution is 9.10. The average Bonchev–Trinajstić information content (AvgIpc) is 3.33. The Hall–Kier alpha value is -2.12. The van der Waals surface area contributed by atoms with E-state index in [4.69, 9.17) is 4.63 Å². The Morgan fingerprint density at radius 2 is 2.30 bits per heavy atom. The van der Waals surface area contributed by atoms with Crippen LogP contribution in [0.15, 0.2) is 37.5 Å². The van der Waals surface area contributed by atoms with Crippen molar-refractivity contribution < 1.29 is 14.2 Å². The molecule has 3 fully saturated rings. The number of hydrogen-bond donors (Lipinski definition) is 2. The molecular formula is C17H15BrFN5O2S. The van der Waals surface area contributed by atoms with Crippen LogP contribution in [-0.4, -0.2) is 27.1 Å². The number of nitriles is 1. The van der Waals surface area contributed by atoms with Gasteiger partial charge in [-0.15, -0.1) is 11.8 Å². The number of oxime groups is 1. The maximum Gasteiger partial charge on any atom is 0.202 e. The Morgan fingerprint density at radius 1 is 1.48 bits per heavy atom. The van der Waals surface area contributed by atoms with Crippen LogP contribution >= 0.6 is 27.7 Å². The summed E-state index contributed by atoms with van der Waals surface area (Å²) in [6, 6.07) is 6.78. The smallest absolute Gasteiger partial charge is 0.202 e. The number of anilines is 1. The predicted octanol–water partition coefficient (Wildman–Crippen LogP) is 4.25. The van der Waals surface area contributed by atoms with E-state index in [-0.39, 0.29) is 21.4 Å². The van der Waals surface area contributed by atoms with Crippen molar-refractivity contribution in [2.75, 3.05) is 11.1 Å². The molecule has 3 saturated carbocycles. The molecule has 0 radical (unpaired) electrons. The molecule has 2 bridgehead atoms. The van der Waals surface area contributed by atoms with Crippen molar-refractivity contribution in [2.45, 2.75) is 24.3 Å². The minimum Gasteiger partial charge on any atom is -0.409 e. The molecule has 3 aliphatic carbocycles. The summed E-state index contributed by atoms with van der Waals surface area (Å²) in [5.74, 6) is 1.53. The van der Waals surface area contributed by atoms with Crippen molar-refractivity contribution in [1.82, 2.24) is 10.3 Å². The number of nitrogens with zero attached hydrogens (tertiary/aromatic N) is 4. The number of fused-ring (bicyclic) bond motifs is 1. The van der Waals surface area contributed by atoms with Gasteiger partial charge < -0.3 is 10.5 Å². The first-order valence-corrected chi connectivity index (χ1v) is 10.1. The minimum atomic E-state index is -0.396. The van der Waals surface area contributed by atoms with Gasteiger partial charge in [0.25, 0.3) is 0 Å². The van der Waals surface area contributed by atoms with E-state index in [0.717, 1.165) is 25.0 Å². The molecule has 140 valence electrons. The summed E-state index contributed by atoms with van der Waals surface area (Å²) >= 11 is 4.59. The third-order valence-corrected chi connectivity index (χ3v) is 7.01. The van der Waals surface area contributed by atoms with Crippen LogP contribution in [0.2, 0.25) is 0 Å². The van der Waals surface area contributed by atoms with Gasteiger partial charge in [0.1, 0.15) is 5.82 Å². The molecule has 1 heterocycles. The highest BCUT2D eigenvalue weighted by atomic mass is 79.9. The van der Waals surface area contributed by atoms with E-state index in [0.29, 0.717) is 22.5 Å². The Morgan fingerprint density at radius 3 is 2.96 bits per heavy atom. The Kier molecular flexibility index (Phi) is 4.82. The third kappa shape index (κ3) is 3.41. The molecule has 1 atom stereocenters. The first kappa shape index (κ1) is 18.3. The molecule has 0 saturated heterocycles. The zero-order chi connectivity index (χ0) is 19.0. The van der Waals surface area contributed by atoms with E-state index >= 15 is 0 Å². The number of amidine groups is 1. The van der Waals surface area contributed by atoms with E-state index in [1.165, 1.54) is 30.0 Å². The van der Waals surface area contributed by atoms with Crippen LogP contribution in [0.5, 0.6) is 0 Å². The van der Waals surface area contributed by atoms with Crippen LogP contribution in [-0.2, 0) is 0 Å². The number of hydrogen-bond acceptors (Lipinski definition) is 7. The molecule has 10 heteroatoms. The van der Waals surface area contributed by atoms with Crippen LogP contribution in [0.4, 0.5) is 10.1 Å². The summed E-state index contributed by atoms with van der Waals surface area (Å²) < 4.78 is 18.5. The molecule has 0 spiro atoms. The summed E-state index contributed by atoms with van der Waals surface area (Å²) in [4.78, 5) is 0. The van der Waals surface area contributed by atoms with Crippen LogP contribution < -0.4 is 5.32 Å². The largest absolute Gasteiger partial charge is 0.409 e. The fourth-order valence-corrected chi connectivity index (χ4v) is 5.39. The molecule has 3 aliphatic rings. The predicted molar refractivity (Wildman–Crippen MR) is 99.9 cm³/mol. The molecule has 5 rings (SSSR count). The van der Waals surface area contributed by atoms with Gasteiger partial charge in [-0.3, -0.25) is 0 Å². The van der Waals surface area contributed by atoms with Gasteiger partial charge in [0.15, 0.2) is 10.7 Å². The van der Waals surface area contributed by atoms with Crippen molar-refractivity contribution in [1.29, 1.82) is 5.26 Å². The van der Waals surface area contributed by atoms with Crippen LogP contribution in [0.1, 0.15) is 25.0 Å². The van der Waals surface area contributed by atoms with Crippen LogP contribution in [0.3, 0.4) is 0 Å². The first-order valence-electron chi connectivity index (χ1n) is 8.35. The lowest BCUT2D eigenvalue weighted by Crippen LogP contribution is -2.26. The van der Waals surface area contributed by atoms with E-state index in [2.05, 4.69) is 42.8 Å². The fraction of sp³-hybridized carbons (Fsp3) is 0.412. The van der Waals surface area contributed by atoms with Gasteiger partial charge in [-0.05, 0) is 75.5 Å². The molecule has 0 aliphatic heterocycles. The second-order valence-corrected chi connectivity index (χ2v) is 8.82. The van der Waals surface area contributed by atoms with E-state index in [1.54, 1.807) is 0 Å². The highest BCUT2D eigenvalue weighted by Crippen LogP contribution is 2.62. The quantitative estimate of drug-likeness (QED) is 0.230. The van der Waals surface area contributed by atoms with Crippen molar-refractivity contribution >= 4 is 39.2 Å². The van der Waals surface area contributed by atoms with Gasteiger partial charge in [-0.25, -0.2) is 9.02 Å². The molecule has 1 aromatic heterocycles. The SMILES string of the molecule is N#CC12CC(C1)[C@H](CSc1nonc1/C(=N/O)Nc1ccc(F)c(Br)c1)C2. The normalized spacial score (nSPS) is 26.5. The topological polar surface area (TPSA) is 107 Å². The minimum absolute atomic E-state index is 0.0569. The number of benzene rings is 1. The lowest BCUT2D eigenvalue weighted by molar-refractivity contribution is 0.209. The van der Waals surface area contributed by atoms with E-state index in [1.807, 2.05) is 0 Å². The summed E-state index contributed by atoms with van der Waals surface area (Å²) in [6.07, 6.45) is 2.90. The van der Waals surface area contributed by atoms with Crippen molar-refractivity contribution in [2.24, 2.45) is 22.4 Å². The molecule has 27 heavy (non-hydrogen) atoms. The molecule has 0 unspecified atom stereocenters. The zero-order valence-corrected chi connectivity index (χ0v) is 16.4. The van der Waals surface area contributed by atoms with Gasteiger partial charge >= 0.3 is 0 Å². The second kappa shape index (κ2) is 7.13. The van der Waals surface area contributed by atoms with Gasteiger partial charge in [0, 0.05) is 11.4 Å². The third-order valence-electron chi connectivity index (χ3n) is 5.26. The second-order valence-electron chi connectivity index (χ2n) is 6.96. The standard InChI is InChI=1S/C17H15BrFN5O2S/c18-12-3-11(1-2-13(12)19)21-15(22-25)14-16(24-26-23-14)27-7-10-6-17(8-20)4-9(10)5-17/h1-3,9-10,25H,4-7H2,(H,21,22)/t9?,10-,17?/m0/s1. The summed E-state index contributed by atoms with van der Waals surface area (Å²) in [5, 5.41) is 33.0. The molecule has 0 amide bonds. The van der Waals surface area contributed by atoms with Gasteiger partial charge in [0.2, 0.25) is 5.84 Å². The van der Waals surface area contributed by atoms with Crippen molar-refractivity contribution in [3.63, 3.8) is 0 Å².